The van der Waals surface area contributed by atoms with Crippen LogP contribution in [-0.2, 0) is 0 Å². The van der Waals surface area contributed by atoms with Crippen molar-refractivity contribution < 1.29 is 5.11 Å². The van der Waals surface area contributed by atoms with Crippen LogP contribution in [0.1, 0.15) is 51.7 Å². The number of hydrogen-bond acceptors (Lipinski definition) is 2. The average Bonchev–Trinajstić information content (AvgIpc) is 2.69. The molecular formula is C15H22BrNO. The van der Waals surface area contributed by atoms with Crippen LogP contribution in [-0.4, -0.2) is 17.2 Å². The second-order valence-electron chi connectivity index (χ2n) is 5.28. The van der Waals surface area contributed by atoms with Gasteiger partial charge in [-0.2, -0.15) is 0 Å². The van der Waals surface area contributed by atoms with Gasteiger partial charge in [-0.05, 0) is 50.8 Å². The summed E-state index contributed by atoms with van der Waals surface area (Å²) in [5, 5.41) is 9.67. The van der Waals surface area contributed by atoms with Crippen molar-refractivity contribution in [3.63, 3.8) is 0 Å². The maximum atomic E-state index is 9.67. The summed E-state index contributed by atoms with van der Waals surface area (Å²) < 4.78 is 1.00. The smallest absolute Gasteiger partial charge is 0.0772 e. The van der Waals surface area contributed by atoms with Crippen molar-refractivity contribution in [1.82, 2.24) is 0 Å². The zero-order valence-electron chi connectivity index (χ0n) is 11.4. The second kappa shape index (κ2) is 5.62. The third-order valence-corrected chi connectivity index (χ3v) is 4.68. The summed E-state index contributed by atoms with van der Waals surface area (Å²) in [4.78, 5) is 2.52. The molecule has 2 rings (SSSR count). The van der Waals surface area contributed by atoms with Crippen molar-refractivity contribution >= 4 is 21.6 Å². The van der Waals surface area contributed by atoms with Crippen molar-refractivity contribution in [2.75, 3.05) is 4.90 Å². The lowest BCUT2D eigenvalue weighted by molar-refractivity contribution is 0.198. The molecule has 2 nitrogen and oxygen atoms in total. The van der Waals surface area contributed by atoms with E-state index in [0.717, 1.165) is 10.0 Å². The monoisotopic (exact) mass is 311 g/mol. The van der Waals surface area contributed by atoms with Gasteiger partial charge in [-0.15, -0.1) is 0 Å². The van der Waals surface area contributed by atoms with Gasteiger partial charge in [0.2, 0.25) is 0 Å². The molecule has 0 bridgehead atoms. The van der Waals surface area contributed by atoms with Crippen molar-refractivity contribution in [2.45, 2.75) is 58.2 Å². The largest absolute Gasteiger partial charge is 0.389 e. The van der Waals surface area contributed by atoms with E-state index in [0.29, 0.717) is 12.1 Å². The standard InChI is InChI=1S/C15H22BrNO/c1-4-12-6-5-10(2)17(12)13-7-8-14(11(3)18)15(16)9-13/h7-12,18H,4-6H2,1-3H3. The molecule has 18 heavy (non-hydrogen) atoms. The molecule has 1 N–H and O–H groups in total. The van der Waals surface area contributed by atoms with E-state index in [1.165, 1.54) is 24.9 Å². The third-order valence-electron chi connectivity index (χ3n) is 3.99. The first kappa shape index (κ1) is 13.9. The van der Waals surface area contributed by atoms with Gasteiger partial charge in [0.25, 0.3) is 0 Å². The number of aliphatic hydroxyl groups is 1. The van der Waals surface area contributed by atoms with E-state index < -0.39 is 6.10 Å². The lowest BCUT2D eigenvalue weighted by Crippen LogP contribution is -2.34. The number of halogens is 1. The third kappa shape index (κ3) is 2.57. The molecule has 1 heterocycles. The van der Waals surface area contributed by atoms with Crippen LogP contribution in [0.15, 0.2) is 22.7 Å². The molecule has 100 valence electrons. The van der Waals surface area contributed by atoms with Crippen molar-refractivity contribution in [1.29, 1.82) is 0 Å². The first-order chi connectivity index (χ1) is 8.54. The summed E-state index contributed by atoms with van der Waals surface area (Å²) in [5.74, 6) is 0. The summed E-state index contributed by atoms with van der Waals surface area (Å²) in [7, 11) is 0. The SMILES string of the molecule is CCC1CCC(C)N1c1ccc(C(C)O)c(Br)c1. The van der Waals surface area contributed by atoms with Crippen LogP contribution >= 0.6 is 15.9 Å². The molecule has 0 radical (unpaired) electrons. The molecule has 0 aliphatic carbocycles. The minimum absolute atomic E-state index is 0.425. The predicted octanol–water partition coefficient (Wildman–Crippen LogP) is 4.27. The highest BCUT2D eigenvalue weighted by Gasteiger charge is 2.29. The maximum absolute atomic E-state index is 9.67. The summed E-state index contributed by atoms with van der Waals surface area (Å²) >= 11 is 3.57. The molecule has 3 atom stereocenters. The number of hydrogen-bond donors (Lipinski definition) is 1. The Balaban J connectivity index is 2.31. The minimum Gasteiger partial charge on any atom is -0.389 e. The topological polar surface area (TPSA) is 23.5 Å². The van der Waals surface area contributed by atoms with Gasteiger partial charge in [0.15, 0.2) is 0 Å². The van der Waals surface area contributed by atoms with Crippen LogP contribution in [0.25, 0.3) is 0 Å². The van der Waals surface area contributed by atoms with Crippen LogP contribution in [0.5, 0.6) is 0 Å². The van der Waals surface area contributed by atoms with Crippen LogP contribution in [0.2, 0.25) is 0 Å². The minimum atomic E-state index is -0.425. The zero-order valence-corrected chi connectivity index (χ0v) is 12.9. The summed E-state index contributed by atoms with van der Waals surface area (Å²) in [6.07, 6.45) is 3.33. The van der Waals surface area contributed by atoms with Crippen LogP contribution in [0.3, 0.4) is 0 Å². The Hall–Kier alpha value is -0.540. The molecule has 0 aromatic heterocycles. The normalized spacial score (nSPS) is 25.5. The Bertz CT molecular complexity index is 419. The van der Waals surface area contributed by atoms with Gasteiger partial charge in [0, 0.05) is 22.2 Å². The number of benzene rings is 1. The van der Waals surface area contributed by atoms with Gasteiger partial charge in [-0.1, -0.05) is 28.9 Å². The molecule has 0 amide bonds. The quantitative estimate of drug-likeness (QED) is 0.901. The molecular weight excluding hydrogens is 290 g/mol. The molecule has 1 aliphatic rings. The second-order valence-corrected chi connectivity index (χ2v) is 6.13. The highest BCUT2D eigenvalue weighted by molar-refractivity contribution is 9.10. The number of nitrogens with zero attached hydrogens (tertiary/aromatic N) is 1. The molecule has 1 aromatic rings. The Morgan fingerprint density at radius 3 is 2.72 bits per heavy atom. The maximum Gasteiger partial charge on any atom is 0.0772 e. The Morgan fingerprint density at radius 1 is 1.44 bits per heavy atom. The van der Waals surface area contributed by atoms with E-state index in [4.69, 9.17) is 0 Å². The molecule has 1 aliphatic heterocycles. The molecule has 3 heteroatoms. The van der Waals surface area contributed by atoms with Gasteiger partial charge >= 0.3 is 0 Å². The van der Waals surface area contributed by atoms with Gasteiger partial charge in [0.05, 0.1) is 6.10 Å². The van der Waals surface area contributed by atoms with Gasteiger partial charge in [0.1, 0.15) is 0 Å². The first-order valence-electron chi connectivity index (χ1n) is 6.80. The average molecular weight is 312 g/mol. The zero-order chi connectivity index (χ0) is 13.3. The van der Waals surface area contributed by atoms with Gasteiger partial charge in [-0.3, -0.25) is 0 Å². The summed E-state index contributed by atoms with van der Waals surface area (Å²) in [6, 6.07) is 7.58. The molecule has 0 saturated carbocycles. The van der Waals surface area contributed by atoms with Crippen molar-refractivity contribution in [3.8, 4) is 0 Å². The van der Waals surface area contributed by atoms with E-state index in [1.807, 2.05) is 6.07 Å². The summed E-state index contributed by atoms with van der Waals surface area (Å²) in [6.45, 7) is 6.36. The first-order valence-corrected chi connectivity index (χ1v) is 7.59. The van der Waals surface area contributed by atoms with Gasteiger partial charge < -0.3 is 10.0 Å². The van der Waals surface area contributed by atoms with Crippen LogP contribution in [0.4, 0.5) is 5.69 Å². The van der Waals surface area contributed by atoms with E-state index in [2.05, 4.69) is 46.8 Å². The number of aliphatic hydroxyl groups excluding tert-OH is 1. The fraction of sp³-hybridized carbons (Fsp3) is 0.600. The molecule has 1 fully saturated rings. The van der Waals surface area contributed by atoms with E-state index >= 15 is 0 Å². The van der Waals surface area contributed by atoms with Crippen molar-refractivity contribution in [2.24, 2.45) is 0 Å². The number of anilines is 1. The summed E-state index contributed by atoms with van der Waals surface area (Å²) in [5.41, 5.74) is 2.22. The predicted molar refractivity (Wildman–Crippen MR) is 80.0 cm³/mol. The highest BCUT2D eigenvalue weighted by atomic mass is 79.9. The molecule has 0 spiro atoms. The number of rotatable bonds is 3. The van der Waals surface area contributed by atoms with E-state index in [9.17, 15) is 5.11 Å². The Labute approximate surface area is 118 Å². The fourth-order valence-electron chi connectivity index (χ4n) is 2.95. The molecule has 1 aromatic carbocycles. The highest BCUT2D eigenvalue weighted by Crippen LogP contribution is 2.35. The Kier molecular flexibility index (Phi) is 4.33. The van der Waals surface area contributed by atoms with Crippen LogP contribution in [0, 0.1) is 0 Å². The lowest BCUT2D eigenvalue weighted by Gasteiger charge is -2.31. The van der Waals surface area contributed by atoms with Gasteiger partial charge in [-0.25, -0.2) is 0 Å². The van der Waals surface area contributed by atoms with Crippen molar-refractivity contribution in [3.05, 3.63) is 28.2 Å². The fourth-order valence-corrected chi connectivity index (χ4v) is 3.65. The lowest BCUT2D eigenvalue weighted by atomic mass is 10.1. The van der Waals surface area contributed by atoms with Crippen LogP contribution < -0.4 is 4.90 Å². The van der Waals surface area contributed by atoms with E-state index in [-0.39, 0.29) is 0 Å². The van der Waals surface area contributed by atoms with E-state index in [1.54, 1.807) is 6.92 Å². The molecule has 1 saturated heterocycles. The molecule has 3 unspecified atom stereocenters. The Morgan fingerprint density at radius 2 is 2.17 bits per heavy atom.